The first-order valence-corrected chi connectivity index (χ1v) is 9.37. The van der Waals surface area contributed by atoms with Crippen LogP contribution in [0.2, 0.25) is 5.02 Å². The van der Waals surface area contributed by atoms with E-state index in [9.17, 15) is 14.9 Å². The molecule has 0 N–H and O–H groups in total. The SMILES string of the molecule is CN(C)c1ccc(N2C(=O)/C(=C\c3cc([N+](=O)[O-])ccc3Cl)SC2=S)cc1. The molecule has 0 spiro atoms. The molecule has 0 aliphatic carbocycles. The number of non-ortho nitro benzene ring substituents is 1. The third-order valence-electron chi connectivity index (χ3n) is 3.90. The lowest BCUT2D eigenvalue weighted by atomic mass is 10.2. The Balaban J connectivity index is 1.93. The fraction of sp³-hybridized carbons (Fsp3) is 0.111. The van der Waals surface area contributed by atoms with E-state index in [0.29, 0.717) is 25.5 Å². The number of hydrogen-bond donors (Lipinski definition) is 0. The first kappa shape index (κ1) is 19.3. The minimum absolute atomic E-state index is 0.0968. The third-order valence-corrected chi connectivity index (χ3v) is 5.54. The van der Waals surface area contributed by atoms with Crippen molar-refractivity contribution in [2.24, 2.45) is 0 Å². The lowest BCUT2D eigenvalue weighted by molar-refractivity contribution is -0.384. The molecule has 0 bridgehead atoms. The highest BCUT2D eigenvalue weighted by molar-refractivity contribution is 8.27. The van der Waals surface area contributed by atoms with Gasteiger partial charge in [-0.2, -0.15) is 0 Å². The Morgan fingerprint density at radius 1 is 1.22 bits per heavy atom. The molecule has 2 aromatic rings. The van der Waals surface area contributed by atoms with Gasteiger partial charge in [0.25, 0.3) is 11.6 Å². The molecule has 27 heavy (non-hydrogen) atoms. The monoisotopic (exact) mass is 419 g/mol. The minimum atomic E-state index is -0.509. The van der Waals surface area contributed by atoms with Gasteiger partial charge in [0.1, 0.15) is 0 Å². The Kier molecular flexibility index (Phi) is 5.50. The van der Waals surface area contributed by atoms with Crippen molar-refractivity contribution in [3.05, 3.63) is 68.1 Å². The summed E-state index contributed by atoms with van der Waals surface area (Å²) in [4.78, 5) is 27.0. The predicted octanol–water partition coefficient (Wildman–Crippen LogP) is 4.72. The second kappa shape index (κ2) is 7.67. The zero-order valence-electron chi connectivity index (χ0n) is 14.4. The summed E-state index contributed by atoms with van der Waals surface area (Å²) in [5, 5.41) is 11.3. The molecule has 2 aromatic carbocycles. The van der Waals surface area contributed by atoms with Crippen LogP contribution in [-0.4, -0.2) is 29.2 Å². The largest absolute Gasteiger partial charge is 0.378 e. The van der Waals surface area contributed by atoms with Crippen molar-refractivity contribution in [3.63, 3.8) is 0 Å². The molecule has 1 heterocycles. The summed E-state index contributed by atoms with van der Waals surface area (Å²) in [6, 6.07) is 11.5. The number of hydrogen-bond acceptors (Lipinski definition) is 6. The van der Waals surface area contributed by atoms with Gasteiger partial charge >= 0.3 is 0 Å². The van der Waals surface area contributed by atoms with Gasteiger partial charge in [-0.15, -0.1) is 0 Å². The predicted molar refractivity (Wildman–Crippen MR) is 115 cm³/mol. The lowest BCUT2D eigenvalue weighted by Gasteiger charge is -2.17. The summed E-state index contributed by atoms with van der Waals surface area (Å²) < 4.78 is 0.394. The number of nitro benzene ring substituents is 1. The van der Waals surface area contributed by atoms with E-state index in [1.54, 1.807) is 0 Å². The van der Waals surface area contributed by atoms with E-state index >= 15 is 0 Å². The Morgan fingerprint density at radius 3 is 2.48 bits per heavy atom. The van der Waals surface area contributed by atoms with Crippen molar-refractivity contribution in [1.82, 2.24) is 0 Å². The number of halogens is 1. The molecule has 6 nitrogen and oxygen atoms in total. The number of benzene rings is 2. The smallest absolute Gasteiger partial charge is 0.270 e. The normalized spacial score (nSPS) is 15.5. The molecule has 0 saturated carbocycles. The molecule has 138 valence electrons. The van der Waals surface area contributed by atoms with Gasteiger partial charge in [-0.3, -0.25) is 19.8 Å². The van der Waals surface area contributed by atoms with E-state index in [2.05, 4.69) is 0 Å². The molecule has 1 fully saturated rings. The van der Waals surface area contributed by atoms with Crippen molar-refractivity contribution < 1.29 is 9.72 Å². The average Bonchev–Trinajstić information content (AvgIpc) is 2.90. The third kappa shape index (κ3) is 3.97. The highest BCUT2D eigenvalue weighted by Crippen LogP contribution is 2.37. The zero-order valence-corrected chi connectivity index (χ0v) is 16.8. The molecule has 0 aromatic heterocycles. The van der Waals surface area contributed by atoms with Crippen LogP contribution in [0.3, 0.4) is 0 Å². The number of anilines is 2. The Labute approximate surface area is 170 Å². The Hall–Kier alpha value is -2.42. The fourth-order valence-electron chi connectivity index (χ4n) is 2.49. The molecular formula is C18H14ClN3O3S2. The van der Waals surface area contributed by atoms with E-state index < -0.39 is 4.92 Å². The van der Waals surface area contributed by atoms with Gasteiger partial charge in [0, 0.05) is 42.5 Å². The summed E-state index contributed by atoms with van der Waals surface area (Å²) in [5.74, 6) is -0.287. The minimum Gasteiger partial charge on any atom is -0.378 e. The van der Waals surface area contributed by atoms with E-state index in [-0.39, 0.29) is 11.6 Å². The standard InChI is InChI=1S/C18H14ClN3O3S2/c1-20(2)12-3-5-13(6-4-12)21-17(23)16(27-18(21)26)10-11-9-14(22(24)25)7-8-15(11)19/h3-10H,1-2H3/b16-10+. The number of carbonyl (C=O) groups is 1. The van der Waals surface area contributed by atoms with Gasteiger partial charge in [0.2, 0.25) is 0 Å². The molecule has 0 unspecified atom stereocenters. The topological polar surface area (TPSA) is 66.7 Å². The second-order valence-electron chi connectivity index (χ2n) is 5.89. The molecule has 3 rings (SSSR count). The number of nitrogens with zero attached hydrogens (tertiary/aromatic N) is 3. The van der Waals surface area contributed by atoms with Gasteiger partial charge in [0.15, 0.2) is 4.32 Å². The fourth-order valence-corrected chi connectivity index (χ4v) is 3.95. The molecule has 0 atom stereocenters. The summed E-state index contributed by atoms with van der Waals surface area (Å²) in [5.41, 5.74) is 1.97. The summed E-state index contributed by atoms with van der Waals surface area (Å²) in [6.07, 6.45) is 1.53. The first-order chi connectivity index (χ1) is 12.8. The highest BCUT2D eigenvalue weighted by Gasteiger charge is 2.33. The van der Waals surface area contributed by atoms with Crippen molar-refractivity contribution in [3.8, 4) is 0 Å². The van der Waals surface area contributed by atoms with Crippen LogP contribution in [-0.2, 0) is 4.79 Å². The van der Waals surface area contributed by atoms with Crippen molar-refractivity contribution in [2.45, 2.75) is 0 Å². The van der Waals surface area contributed by atoms with Crippen molar-refractivity contribution in [2.75, 3.05) is 23.9 Å². The number of nitro groups is 1. The zero-order chi connectivity index (χ0) is 19.7. The van der Waals surface area contributed by atoms with Crippen LogP contribution in [0.5, 0.6) is 0 Å². The maximum Gasteiger partial charge on any atom is 0.270 e. The molecule has 1 amide bonds. The number of thioether (sulfide) groups is 1. The first-order valence-electron chi connectivity index (χ1n) is 7.77. The average molecular weight is 420 g/mol. The van der Waals surface area contributed by atoms with Gasteiger partial charge < -0.3 is 4.90 Å². The van der Waals surface area contributed by atoms with Gasteiger partial charge in [-0.1, -0.05) is 35.6 Å². The molecule has 0 radical (unpaired) electrons. The second-order valence-corrected chi connectivity index (χ2v) is 7.97. The Bertz CT molecular complexity index is 974. The number of carbonyl (C=O) groups excluding carboxylic acids is 1. The molecule has 1 saturated heterocycles. The van der Waals surface area contributed by atoms with Crippen LogP contribution in [0.25, 0.3) is 6.08 Å². The van der Waals surface area contributed by atoms with Gasteiger partial charge in [-0.25, -0.2) is 0 Å². The molecular weight excluding hydrogens is 406 g/mol. The van der Waals surface area contributed by atoms with E-state index in [1.165, 1.54) is 29.2 Å². The number of rotatable bonds is 4. The van der Waals surface area contributed by atoms with Crippen molar-refractivity contribution >= 4 is 68.9 Å². The van der Waals surface area contributed by atoms with Crippen LogP contribution in [0.4, 0.5) is 17.1 Å². The maximum atomic E-state index is 12.8. The summed E-state index contributed by atoms with van der Waals surface area (Å²) in [6.45, 7) is 0. The van der Waals surface area contributed by atoms with E-state index in [0.717, 1.165) is 17.4 Å². The quantitative estimate of drug-likeness (QED) is 0.309. The van der Waals surface area contributed by atoms with Crippen LogP contribution in [0, 0.1) is 10.1 Å². The van der Waals surface area contributed by atoms with E-state index in [4.69, 9.17) is 23.8 Å². The molecule has 1 aliphatic rings. The van der Waals surface area contributed by atoms with Gasteiger partial charge in [-0.05, 0) is 36.4 Å². The Morgan fingerprint density at radius 2 is 1.89 bits per heavy atom. The van der Waals surface area contributed by atoms with E-state index in [1.807, 2.05) is 43.3 Å². The van der Waals surface area contributed by atoms with Gasteiger partial charge in [0.05, 0.1) is 15.5 Å². The van der Waals surface area contributed by atoms with Crippen molar-refractivity contribution in [1.29, 1.82) is 0 Å². The lowest BCUT2D eigenvalue weighted by Crippen LogP contribution is -2.27. The number of amides is 1. The van der Waals surface area contributed by atoms with Crippen LogP contribution >= 0.6 is 35.6 Å². The highest BCUT2D eigenvalue weighted by atomic mass is 35.5. The van der Waals surface area contributed by atoms with Crippen LogP contribution in [0.1, 0.15) is 5.56 Å². The number of thiocarbonyl (C=S) groups is 1. The van der Waals surface area contributed by atoms with Crippen LogP contribution in [0.15, 0.2) is 47.4 Å². The molecule has 9 heteroatoms. The van der Waals surface area contributed by atoms with Crippen LogP contribution < -0.4 is 9.80 Å². The summed E-state index contributed by atoms with van der Waals surface area (Å²) >= 11 is 12.6. The maximum absolute atomic E-state index is 12.8. The molecule has 1 aliphatic heterocycles. The summed E-state index contributed by atoms with van der Waals surface area (Å²) in [7, 11) is 3.86.